The molecule has 0 radical (unpaired) electrons. The smallest absolute Gasteiger partial charge is 0.185 e. The Hall–Kier alpha value is -2.50. The molecule has 0 saturated heterocycles. The number of fused-ring (bicyclic) bond motifs is 1. The van der Waals surface area contributed by atoms with Crippen molar-refractivity contribution in [3.8, 4) is 0 Å². The van der Waals surface area contributed by atoms with Crippen LogP contribution in [0.4, 0.5) is 11.4 Å². The van der Waals surface area contributed by atoms with E-state index in [-0.39, 0.29) is 0 Å². The van der Waals surface area contributed by atoms with Crippen LogP contribution in [0.25, 0.3) is 10.2 Å². The highest BCUT2D eigenvalue weighted by molar-refractivity contribution is 7.98. The lowest BCUT2D eigenvalue weighted by Crippen LogP contribution is -2.23. The topological polar surface area (TPSA) is 20.5 Å². The molecule has 1 heterocycles. The lowest BCUT2D eigenvalue weighted by molar-refractivity contribution is 0.755. The van der Waals surface area contributed by atoms with Gasteiger partial charge in [0.1, 0.15) is 0 Å². The summed E-state index contributed by atoms with van der Waals surface area (Å²) in [5, 5.41) is 0. The van der Waals surface area contributed by atoms with E-state index in [0.29, 0.717) is 0 Å². The molecular weight excluding hydrogens is 394 g/mol. The van der Waals surface area contributed by atoms with Crippen LogP contribution >= 0.6 is 23.1 Å². The van der Waals surface area contributed by atoms with Gasteiger partial charge in [0, 0.05) is 30.2 Å². The molecule has 29 heavy (non-hydrogen) atoms. The van der Waals surface area contributed by atoms with Crippen molar-refractivity contribution in [1.82, 2.24) is 4.57 Å². The molecule has 0 fully saturated rings. The van der Waals surface area contributed by atoms with Crippen LogP contribution in [0, 0.1) is 0 Å². The van der Waals surface area contributed by atoms with Crippen molar-refractivity contribution >= 4 is 44.7 Å². The van der Waals surface area contributed by atoms with E-state index in [1.54, 1.807) is 11.3 Å². The highest BCUT2D eigenvalue weighted by atomic mass is 32.2. The molecule has 0 saturated carbocycles. The molecular formula is C24H25N3S2. The molecule has 0 aliphatic carbocycles. The van der Waals surface area contributed by atoms with E-state index in [1.807, 2.05) is 11.8 Å². The fourth-order valence-corrected chi connectivity index (χ4v) is 4.85. The van der Waals surface area contributed by atoms with Crippen molar-refractivity contribution in [2.24, 2.45) is 4.99 Å². The van der Waals surface area contributed by atoms with Gasteiger partial charge in [-0.2, -0.15) is 11.8 Å². The second-order valence-electron chi connectivity index (χ2n) is 6.70. The Morgan fingerprint density at radius 2 is 1.48 bits per heavy atom. The van der Waals surface area contributed by atoms with Gasteiger partial charge in [-0.1, -0.05) is 59.9 Å². The molecule has 0 aliphatic rings. The SMILES string of the molecule is CSCCn1c(=NCCN(c2ccccc2)c2ccccc2)sc2ccccc21. The molecule has 0 atom stereocenters. The van der Waals surface area contributed by atoms with Crippen LogP contribution < -0.4 is 9.70 Å². The van der Waals surface area contributed by atoms with Gasteiger partial charge in [0.25, 0.3) is 0 Å². The Kier molecular flexibility index (Phi) is 6.70. The van der Waals surface area contributed by atoms with E-state index in [0.717, 1.165) is 30.2 Å². The van der Waals surface area contributed by atoms with Crippen LogP contribution in [-0.4, -0.2) is 29.7 Å². The van der Waals surface area contributed by atoms with Crippen LogP contribution in [0.3, 0.4) is 0 Å². The maximum absolute atomic E-state index is 5.02. The summed E-state index contributed by atoms with van der Waals surface area (Å²) in [6, 6.07) is 29.7. The average Bonchev–Trinajstić information content (AvgIpc) is 3.14. The van der Waals surface area contributed by atoms with Gasteiger partial charge in [0.2, 0.25) is 0 Å². The molecule has 0 aliphatic heterocycles. The van der Waals surface area contributed by atoms with Gasteiger partial charge in [0.05, 0.1) is 16.8 Å². The largest absolute Gasteiger partial charge is 0.340 e. The quantitative estimate of drug-likeness (QED) is 0.359. The Morgan fingerprint density at radius 1 is 0.862 bits per heavy atom. The van der Waals surface area contributed by atoms with Crippen LogP contribution in [0.15, 0.2) is 89.9 Å². The number of anilines is 2. The van der Waals surface area contributed by atoms with E-state index in [4.69, 9.17) is 4.99 Å². The van der Waals surface area contributed by atoms with E-state index < -0.39 is 0 Å². The summed E-state index contributed by atoms with van der Waals surface area (Å²) in [6.45, 7) is 2.58. The Bertz CT molecular complexity index is 1060. The predicted octanol–water partition coefficient (Wildman–Crippen LogP) is 5.80. The summed E-state index contributed by atoms with van der Waals surface area (Å²) in [7, 11) is 0. The highest BCUT2D eigenvalue weighted by Gasteiger charge is 2.09. The Labute approximate surface area is 180 Å². The number of rotatable bonds is 8. The molecule has 5 heteroatoms. The van der Waals surface area contributed by atoms with Crippen molar-refractivity contribution in [2.75, 3.05) is 30.0 Å². The van der Waals surface area contributed by atoms with Gasteiger partial charge in [-0.05, 0) is 42.7 Å². The molecule has 0 spiro atoms. The summed E-state index contributed by atoms with van der Waals surface area (Å²) in [5.74, 6) is 1.09. The lowest BCUT2D eigenvalue weighted by Gasteiger charge is -2.24. The van der Waals surface area contributed by atoms with Crippen molar-refractivity contribution < 1.29 is 0 Å². The molecule has 3 aromatic carbocycles. The number of hydrogen-bond acceptors (Lipinski definition) is 4. The first-order chi connectivity index (χ1) is 14.4. The van der Waals surface area contributed by atoms with Gasteiger partial charge in [-0.15, -0.1) is 0 Å². The fraction of sp³-hybridized carbons (Fsp3) is 0.208. The summed E-state index contributed by atoms with van der Waals surface area (Å²) < 4.78 is 3.67. The third-order valence-electron chi connectivity index (χ3n) is 4.81. The molecule has 4 aromatic rings. The van der Waals surface area contributed by atoms with Crippen LogP contribution in [-0.2, 0) is 6.54 Å². The summed E-state index contributed by atoms with van der Waals surface area (Å²) in [4.78, 5) is 8.47. The second kappa shape index (κ2) is 9.81. The Balaban J connectivity index is 1.62. The highest BCUT2D eigenvalue weighted by Crippen LogP contribution is 2.24. The first-order valence-electron chi connectivity index (χ1n) is 9.82. The number of hydrogen-bond donors (Lipinski definition) is 0. The molecule has 0 bridgehead atoms. The minimum Gasteiger partial charge on any atom is -0.340 e. The first-order valence-corrected chi connectivity index (χ1v) is 12.0. The number of para-hydroxylation sites is 3. The van der Waals surface area contributed by atoms with Crippen LogP contribution in [0.5, 0.6) is 0 Å². The average molecular weight is 420 g/mol. The Morgan fingerprint density at radius 3 is 2.14 bits per heavy atom. The maximum atomic E-state index is 5.02. The second-order valence-corrected chi connectivity index (χ2v) is 8.70. The number of aromatic nitrogens is 1. The fourth-order valence-electron chi connectivity index (χ4n) is 3.41. The van der Waals surface area contributed by atoms with Crippen molar-refractivity contribution in [3.63, 3.8) is 0 Å². The van der Waals surface area contributed by atoms with Crippen molar-refractivity contribution in [3.05, 3.63) is 89.7 Å². The zero-order valence-electron chi connectivity index (χ0n) is 16.6. The third-order valence-corrected chi connectivity index (χ3v) is 6.50. The zero-order chi connectivity index (χ0) is 19.9. The number of aryl methyl sites for hydroxylation is 1. The monoisotopic (exact) mass is 419 g/mol. The number of nitrogens with zero attached hydrogens (tertiary/aromatic N) is 3. The summed E-state index contributed by atoms with van der Waals surface area (Å²) in [6.07, 6.45) is 2.16. The minimum atomic E-state index is 0.746. The lowest BCUT2D eigenvalue weighted by atomic mass is 10.2. The standard InChI is InChI=1S/C24H25N3S2/c1-28-19-18-27-22-14-8-9-15-23(22)29-24(27)25-16-17-26(20-10-4-2-5-11-20)21-12-6-3-7-13-21/h2-15H,16-19H2,1H3. The normalized spacial score (nSPS) is 11.8. The van der Waals surface area contributed by atoms with Crippen LogP contribution in [0.1, 0.15) is 0 Å². The van der Waals surface area contributed by atoms with E-state index in [1.165, 1.54) is 21.6 Å². The summed E-state index contributed by atoms with van der Waals surface area (Å²) >= 11 is 3.66. The molecule has 4 rings (SSSR count). The van der Waals surface area contributed by atoms with E-state index in [2.05, 4.69) is 101 Å². The van der Waals surface area contributed by atoms with Gasteiger partial charge in [-0.25, -0.2) is 0 Å². The predicted molar refractivity (Wildman–Crippen MR) is 129 cm³/mol. The molecule has 0 N–H and O–H groups in total. The van der Waals surface area contributed by atoms with Gasteiger partial charge >= 0.3 is 0 Å². The van der Waals surface area contributed by atoms with Gasteiger partial charge in [-0.3, -0.25) is 4.99 Å². The molecule has 0 unspecified atom stereocenters. The maximum Gasteiger partial charge on any atom is 0.185 e. The molecule has 0 amide bonds. The van der Waals surface area contributed by atoms with Crippen molar-refractivity contribution in [1.29, 1.82) is 0 Å². The molecule has 3 nitrogen and oxygen atoms in total. The number of thioether (sulfide) groups is 1. The summed E-state index contributed by atoms with van der Waals surface area (Å²) in [5.41, 5.74) is 3.68. The molecule has 148 valence electrons. The minimum absolute atomic E-state index is 0.746. The van der Waals surface area contributed by atoms with Crippen LogP contribution in [0.2, 0.25) is 0 Å². The number of thiazole rings is 1. The zero-order valence-corrected chi connectivity index (χ0v) is 18.2. The number of benzene rings is 3. The van der Waals surface area contributed by atoms with Gasteiger partial charge in [0.15, 0.2) is 4.80 Å². The van der Waals surface area contributed by atoms with E-state index in [9.17, 15) is 0 Å². The third kappa shape index (κ3) is 4.74. The van der Waals surface area contributed by atoms with Gasteiger partial charge < -0.3 is 9.47 Å². The first kappa shape index (κ1) is 19.8. The molecule has 1 aromatic heterocycles. The van der Waals surface area contributed by atoms with Crippen molar-refractivity contribution in [2.45, 2.75) is 6.54 Å². The van der Waals surface area contributed by atoms with E-state index >= 15 is 0 Å².